The molecule has 5 nitrogen and oxygen atoms in total. The molecule has 1 N–H and O–H groups in total. The van der Waals surface area contributed by atoms with Gasteiger partial charge in [0.05, 0.1) is 16.8 Å². The fourth-order valence-electron chi connectivity index (χ4n) is 1.51. The Morgan fingerprint density at radius 1 is 1.50 bits per heavy atom. The van der Waals surface area contributed by atoms with Gasteiger partial charge in [-0.15, -0.1) is 0 Å². The summed E-state index contributed by atoms with van der Waals surface area (Å²) in [5.41, 5.74) is 2.49. The van der Waals surface area contributed by atoms with Crippen LogP contribution in [-0.2, 0) is 4.74 Å². The highest BCUT2D eigenvalue weighted by molar-refractivity contribution is 9.10. The molecule has 0 aliphatic rings. The van der Waals surface area contributed by atoms with Crippen LogP contribution in [0, 0.1) is 6.92 Å². The van der Waals surface area contributed by atoms with Crippen molar-refractivity contribution in [1.29, 1.82) is 0 Å². The number of hydrogen-bond donors (Lipinski definition) is 1. The number of pyridine rings is 1. The van der Waals surface area contributed by atoms with E-state index in [2.05, 4.69) is 31.1 Å². The number of halogens is 1. The minimum absolute atomic E-state index is 0.301. The summed E-state index contributed by atoms with van der Waals surface area (Å²) in [7, 11) is 0. The van der Waals surface area contributed by atoms with E-state index < -0.39 is 5.97 Å². The summed E-state index contributed by atoms with van der Waals surface area (Å²) in [4.78, 5) is 16.0. The molecule has 2 aromatic rings. The van der Waals surface area contributed by atoms with Gasteiger partial charge in [0.2, 0.25) is 0 Å². The van der Waals surface area contributed by atoms with Gasteiger partial charge in [-0.3, -0.25) is 10.1 Å². The van der Waals surface area contributed by atoms with Crippen molar-refractivity contribution in [3.05, 3.63) is 34.1 Å². The SMILES string of the molecule is CCOC(=O)c1[nH]nc(-c2cccc(C)n2)c1Br. The molecule has 0 aliphatic heterocycles. The van der Waals surface area contributed by atoms with Crippen LogP contribution in [0.15, 0.2) is 22.7 Å². The van der Waals surface area contributed by atoms with Gasteiger partial charge in [-0.25, -0.2) is 4.79 Å². The van der Waals surface area contributed by atoms with Crippen LogP contribution < -0.4 is 0 Å². The smallest absolute Gasteiger partial charge is 0.357 e. The van der Waals surface area contributed by atoms with E-state index in [1.54, 1.807) is 6.92 Å². The Hall–Kier alpha value is -1.69. The van der Waals surface area contributed by atoms with Crippen molar-refractivity contribution in [3.8, 4) is 11.4 Å². The Bertz CT molecular complexity index is 580. The lowest BCUT2D eigenvalue weighted by atomic mass is 10.2. The summed E-state index contributed by atoms with van der Waals surface area (Å²) in [5, 5.41) is 6.76. The molecule has 0 spiro atoms. The first-order valence-corrected chi connectivity index (χ1v) is 6.27. The van der Waals surface area contributed by atoms with Crippen LogP contribution >= 0.6 is 15.9 Å². The monoisotopic (exact) mass is 309 g/mol. The third kappa shape index (κ3) is 2.43. The van der Waals surface area contributed by atoms with Gasteiger partial charge in [0, 0.05) is 5.69 Å². The number of aromatic amines is 1. The predicted molar refractivity (Wildman–Crippen MR) is 70.2 cm³/mol. The Kier molecular flexibility index (Phi) is 3.76. The second kappa shape index (κ2) is 5.30. The van der Waals surface area contributed by atoms with Crippen molar-refractivity contribution in [2.24, 2.45) is 0 Å². The van der Waals surface area contributed by atoms with Gasteiger partial charge in [0.1, 0.15) is 5.69 Å². The van der Waals surface area contributed by atoms with Crippen LogP contribution in [0.5, 0.6) is 0 Å². The number of aromatic nitrogens is 3. The van der Waals surface area contributed by atoms with Crippen molar-refractivity contribution in [3.63, 3.8) is 0 Å². The largest absolute Gasteiger partial charge is 0.461 e. The first kappa shape index (κ1) is 12.8. The molecular formula is C12H12BrN3O2. The van der Waals surface area contributed by atoms with Gasteiger partial charge in [-0.2, -0.15) is 5.10 Å². The van der Waals surface area contributed by atoms with Crippen LogP contribution in [-0.4, -0.2) is 27.8 Å². The number of rotatable bonds is 3. The third-order valence-electron chi connectivity index (χ3n) is 2.32. The highest BCUT2D eigenvalue weighted by Crippen LogP contribution is 2.28. The Morgan fingerprint density at radius 3 is 2.94 bits per heavy atom. The van der Waals surface area contributed by atoms with Gasteiger partial charge in [0.15, 0.2) is 5.69 Å². The fourth-order valence-corrected chi connectivity index (χ4v) is 2.05. The number of ether oxygens (including phenoxy) is 1. The molecule has 0 aliphatic carbocycles. The standard InChI is InChI=1S/C12H12BrN3O2/c1-3-18-12(17)11-9(13)10(15-16-11)8-6-4-5-7(2)14-8/h4-6H,3H2,1-2H3,(H,15,16). The maximum Gasteiger partial charge on any atom is 0.357 e. The van der Waals surface area contributed by atoms with Crippen molar-refractivity contribution in [2.75, 3.05) is 6.61 Å². The Balaban J connectivity index is 2.39. The maximum atomic E-state index is 11.6. The van der Waals surface area contributed by atoms with E-state index in [0.29, 0.717) is 28.2 Å². The molecule has 0 fully saturated rings. The number of aryl methyl sites for hydroxylation is 1. The van der Waals surface area contributed by atoms with Crippen LogP contribution in [0.25, 0.3) is 11.4 Å². The van der Waals surface area contributed by atoms with Gasteiger partial charge in [0.25, 0.3) is 0 Å². The quantitative estimate of drug-likeness (QED) is 0.885. The van der Waals surface area contributed by atoms with Gasteiger partial charge in [-0.1, -0.05) is 6.07 Å². The zero-order chi connectivity index (χ0) is 13.1. The third-order valence-corrected chi connectivity index (χ3v) is 3.09. The molecule has 0 bridgehead atoms. The lowest BCUT2D eigenvalue weighted by molar-refractivity contribution is 0.0518. The first-order valence-electron chi connectivity index (χ1n) is 5.48. The van der Waals surface area contributed by atoms with Crippen LogP contribution in [0.1, 0.15) is 23.1 Å². The molecule has 0 atom stereocenters. The minimum atomic E-state index is -0.434. The Labute approximate surface area is 113 Å². The topological polar surface area (TPSA) is 67.9 Å². The summed E-state index contributed by atoms with van der Waals surface area (Å²) in [6.07, 6.45) is 0. The van der Waals surface area contributed by atoms with E-state index in [9.17, 15) is 4.79 Å². The van der Waals surface area contributed by atoms with E-state index in [-0.39, 0.29) is 0 Å². The lowest BCUT2D eigenvalue weighted by Gasteiger charge is -2.00. The fraction of sp³-hybridized carbons (Fsp3) is 0.250. The van der Waals surface area contributed by atoms with E-state index in [4.69, 9.17) is 4.74 Å². The number of nitrogens with zero attached hydrogens (tertiary/aromatic N) is 2. The van der Waals surface area contributed by atoms with Gasteiger partial charge in [-0.05, 0) is 41.9 Å². The average Bonchev–Trinajstić information content (AvgIpc) is 2.71. The molecule has 2 aromatic heterocycles. The van der Waals surface area contributed by atoms with Crippen LogP contribution in [0.3, 0.4) is 0 Å². The summed E-state index contributed by atoms with van der Waals surface area (Å²) < 4.78 is 5.49. The predicted octanol–water partition coefficient (Wildman–Crippen LogP) is 2.72. The lowest BCUT2D eigenvalue weighted by Crippen LogP contribution is -2.05. The number of hydrogen-bond acceptors (Lipinski definition) is 4. The average molecular weight is 310 g/mol. The zero-order valence-electron chi connectivity index (χ0n) is 10.0. The minimum Gasteiger partial charge on any atom is -0.461 e. The van der Waals surface area contributed by atoms with E-state index in [1.807, 2.05) is 25.1 Å². The van der Waals surface area contributed by atoms with Crippen molar-refractivity contribution < 1.29 is 9.53 Å². The molecule has 0 aromatic carbocycles. The van der Waals surface area contributed by atoms with Crippen molar-refractivity contribution >= 4 is 21.9 Å². The summed E-state index contributed by atoms with van der Waals surface area (Å²) in [6.45, 7) is 3.98. The van der Waals surface area contributed by atoms with Crippen LogP contribution in [0.4, 0.5) is 0 Å². The maximum absolute atomic E-state index is 11.6. The van der Waals surface area contributed by atoms with E-state index in [1.165, 1.54) is 0 Å². The first-order chi connectivity index (χ1) is 8.63. The molecule has 0 radical (unpaired) electrons. The molecule has 0 saturated heterocycles. The van der Waals surface area contributed by atoms with E-state index >= 15 is 0 Å². The molecule has 18 heavy (non-hydrogen) atoms. The summed E-state index contributed by atoms with van der Waals surface area (Å²) in [5.74, 6) is -0.434. The molecule has 2 rings (SSSR count). The molecule has 6 heteroatoms. The van der Waals surface area contributed by atoms with Crippen LogP contribution in [0.2, 0.25) is 0 Å². The highest BCUT2D eigenvalue weighted by Gasteiger charge is 2.19. The number of H-pyrrole nitrogens is 1. The zero-order valence-corrected chi connectivity index (χ0v) is 11.6. The molecule has 0 unspecified atom stereocenters. The normalized spacial score (nSPS) is 10.4. The van der Waals surface area contributed by atoms with Crippen molar-refractivity contribution in [2.45, 2.75) is 13.8 Å². The Morgan fingerprint density at radius 2 is 2.28 bits per heavy atom. The molecule has 2 heterocycles. The van der Waals surface area contributed by atoms with Gasteiger partial charge < -0.3 is 4.74 Å². The molecular weight excluding hydrogens is 298 g/mol. The molecule has 94 valence electrons. The summed E-state index contributed by atoms with van der Waals surface area (Å²) >= 11 is 3.35. The van der Waals surface area contributed by atoms with Gasteiger partial charge >= 0.3 is 5.97 Å². The second-order valence-corrected chi connectivity index (χ2v) is 4.44. The molecule has 0 saturated carbocycles. The number of carbonyl (C=O) groups excluding carboxylic acids is 1. The number of nitrogens with one attached hydrogen (secondary N) is 1. The second-order valence-electron chi connectivity index (χ2n) is 3.65. The molecule has 0 amide bonds. The highest BCUT2D eigenvalue weighted by atomic mass is 79.9. The number of esters is 1. The summed E-state index contributed by atoms with van der Waals surface area (Å²) in [6, 6.07) is 5.63. The van der Waals surface area contributed by atoms with E-state index in [0.717, 1.165) is 5.69 Å². The number of carbonyl (C=O) groups is 1. The van der Waals surface area contributed by atoms with Crippen molar-refractivity contribution in [1.82, 2.24) is 15.2 Å².